The van der Waals surface area contributed by atoms with Gasteiger partial charge in [0, 0.05) is 61.2 Å². The number of aliphatic carboxylic acids is 1. The third kappa shape index (κ3) is 2.51. The molecule has 152 valence electrons. The normalized spacial score (nSPS) is 26.1. The van der Waals surface area contributed by atoms with E-state index in [1.165, 1.54) is 17.8 Å². The number of likely N-dealkylation sites (N-methyl/N-ethyl adjacent to an activating group) is 2. The number of Topliss-reactive ketones (excluding diaryl/α,β-unsaturated/α-hetero) is 1. The van der Waals surface area contributed by atoms with E-state index in [1.807, 2.05) is 17.4 Å². The number of halogens is 1. The largest absolute Gasteiger partial charge is 0.478 e. The Hall–Kier alpha value is -2.32. The predicted octanol–water partition coefficient (Wildman–Crippen LogP) is 2.67. The maximum atomic E-state index is 15.5. The summed E-state index contributed by atoms with van der Waals surface area (Å²) in [4.78, 5) is 31.8. The number of hydrogen-bond donors (Lipinski definition) is 1. The van der Waals surface area contributed by atoms with Gasteiger partial charge in [-0.05, 0) is 31.0 Å². The van der Waals surface area contributed by atoms with Gasteiger partial charge in [0.15, 0.2) is 0 Å². The second-order valence-electron chi connectivity index (χ2n) is 8.27. The number of benzene rings is 1. The van der Waals surface area contributed by atoms with Crippen LogP contribution >= 0.6 is 11.8 Å². The van der Waals surface area contributed by atoms with Crippen molar-refractivity contribution in [2.45, 2.75) is 18.9 Å². The molecule has 3 heterocycles. The van der Waals surface area contributed by atoms with E-state index in [9.17, 15) is 14.7 Å². The zero-order valence-corrected chi connectivity index (χ0v) is 17.3. The number of piperazine rings is 1. The van der Waals surface area contributed by atoms with E-state index < -0.39 is 17.6 Å². The Bertz CT molecular complexity index is 1030. The molecule has 0 spiro atoms. The van der Waals surface area contributed by atoms with Crippen molar-refractivity contribution >= 4 is 34.9 Å². The minimum Gasteiger partial charge on any atom is -0.478 e. The van der Waals surface area contributed by atoms with Gasteiger partial charge in [-0.25, -0.2) is 9.18 Å². The summed E-state index contributed by atoms with van der Waals surface area (Å²) in [6.07, 6.45) is 0. The maximum absolute atomic E-state index is 15.5. The van der Waals surface area contributed by atoms with Gasteiger partial charge in [-0.1, -0.05) is 0 Å². The standard InChI is InChI=1S/C21H22FN3O3S/c1-10-7-25(5-4-23(10)2)17-13(22)6-12-15-14-11(8-24(3)18(15)17)9-29-20(14)16(19(12)26)21(27)28/h6,9-10,14H,4-5,7-8H2,1-3H3,(H,27,28). The van der Waals surface area contributed by atoms with Crippen molar-refractivity contribution < 1.29 is 19.1 Å². The lowest BCUT2D eigenvalue weighted by molar-refractivity contribution is -0.132. The monoisotopic (exact) mass is 415 g/mol. The number of carboxylic acids is 1. The number of hydrogen-bond acceptors (Lipinski definition) is 6. The van der Waals surface area contributed by atoms with Crippen LogP contribution in [0.4, 0.5) is 15.8 Å². The molecule has 0 radical (unpaired) electrons. The van der Waals surface area contributed by atoms with Crippen LogP contribution in [0.15, 0.2) is 27.5 Å². The SMILES string of the molecule is CC1CN(c2c(F)cc3c4c2N(C)CC2=CSC(=C(C(=O)O)C3=O)C24)CCN1C. The van der Waals surface area contributed by atoms with Gasteiger partial charge in [0.25, 0.3) is 0 Å². The molecule has 2 atom stereocenters. The summed E-state index contributed by atoms with van der Waals surface area (Å²) >= 11 is 1.32. The Morgan fingerprint density at radius 2 is 2.03 bits per heavy atom. The number of anilines is 2. The molecule has 4 aliphatic rings. The van der Waals surface area contributed by atoms with Gasteiger partial charge in [-0.15, -0.1) is 11.8 Å². The Kier molecular flexibility index (Phi) is 4.08. The first-order chi connectivity index (χ1) is 13.8. The number of allylic oxidation sites excluding steroid dienone is 1. The molecule has 1 aromatic rings. The number of carbonyl (C=O) groups is 2. The predicted molar refractivity (Wildman–Crippen MR) is 111 cm³/mol. The van der Waals surface area contributed by atoms with Crippen LogP contribution in [0.25, 0.3) is 0 Å². The highest BCUT2D eigenvalue weighted by Gasteiger charge is 2.47. The first-order valence-electron chi connectivity index (χ1n) is 9.70. The van der Waals surface area contributed by atoms with Crippen molar-refractivity contribution in [1.29, 1.82) is 0 Å². The Morgan fingerprint density at radius 1 is 1.28 bits per heavy atom. The third-order valence-corrected chi connectivity index (χ3v) is 7.65. The first kappa shape index (κ1) is 18.7. The minimum absolute atomic E-state index is 0.189. The molecular formula is C21H22FN3O3S. The van der Waals surface area contributed by atoms with Crippen LogP contribution in [0.5, 0.6) is 0 Å². The van der Waals surface area contributed by atoms with Crippen LogP contribution in [-0.4, -0.2) is 68.1 Å². The Labute approximate surface area is 172 Å². The molecule has 29 heavy (non-hydrogen) atoms. The zero-order chi connectivity index (χ0) is 20.6. The van der Waals surface area contributed by atoms with Crippen molar-refractivity contribution in [3.8, 4) is 0 Å². The quantitative estimate of drug-likeness (QED) is 0.745. The van der Waals surface area contributed by atoms with E-state index in [0.717, 1.165) is 23.4 Å². The van der Waals surface area contributed by atoms with Crippen LogP contribution in [0.3, 0.4) is 0 Å². The van der Waals surface area contributed by atoms with E-state index >= 15 is 4.39 Å². The van der Waals surface area contributed by atoms with Crippen molar-refractivity contribution in [1.82, 2.24) is 4.90 Å². The zero-order valence-electron chi connectivity index (χ0n) is 16.5. The number of nitrogens with zero attached hydrogens (tertiary/aromatic N) is 3. The highest BCUT2D eigenvalue weighted by Crippen LogP contribution is 2.58. The lowest BCUT2D eigenvalue weighted by atomic mass is 9.75. The fourth-order valence-corrected chi connectivity index (χ4v) is 6.15. The summed E-state index contributed by atoms with van der Waals surface area (Å²) in [7, 11) is 3.98. The average Bonchev–Trinajstić information content (AvgIpc) is 3.06. The molecule has 1 N–H and O–H groups in total. The second-order valence-corrected chi connectivity index (χ2v) is 9.18. The van der Waals surface area contributed by atoms with Crippen LogP contribution < -0.4 is 9.80 Å². The lowest BCUT2D eigenvalue weighted by Gasteiger charge is -2.44. The number of thioether (sulfide) groups is 1. The molecule has 0 aromatic heterocycles. The fourth-order valence-electron chi connectivity index (χ4n) is 4.95. The number of rotatable bonds is 2. The van der Waals surface area contributed by atoms with E-state index in [1.54, 1.807) is 0 Å². The summed E-state index contributed by atoms with van der Waals surface area (Å²) in [5.74, 6) is -2.54. The molecule has 1 aliphatic carbocycles. The van der Waals surface area contributed by atoms with Crippen molar-refractivity contribution in [2.24, 2.45) is 0 Å². The van der Waals surface area contributed by atoms with Crippen molar-refractivity contribution in [2.75, 3.05) is 50.1 Å². The van der Waals surface area contributed by atoms with Crippen LogP contribution in [-0.2, 0) is 4.79 Å². The molecule has 2 unspecified atom stereocenters. The fraction of sp³-hybridized carbons (Fsp3) is 0.429. The van der Waals surface area contributed by atoms with E-state index in [0.29, 0.717) is 30.2 Å². The van der Waals surface area contributed by atoms with E-state index in [-0.39, 0.29) is 23.1 Å². The lowest BCUT2D eigenvalue weighted by Crippen LogP contribution is -2.51. The topological polar surface area (TPSA) is 64.1 Å². The molecule has 0 bridgehead atoms. The number of carboxylic acid groups (broad SMARTS) is 1. The summed E-state index contributed by atoms with van der Waals surface area (Å²) in [5.41, 5.74) is 3.08. The Morgan fingerprint density at radius 3 is 2.72 bits per heavy atom. The van der Waals surface area contributed by atoms with Crippen molar-refractivity contribution in [3.63, 3.8) is 0 Å². The summed E-state index contributed by atoms with van der Waals surface area (Å²) < 4.78 is 15.5. The van der Waals surface area contributed by atoms with Crippen LogP contribution in [0, 0.1) is 5.82 Å². The van der Waals surface area contributed by atoms with Gasteiger partial charge >= 0.3 is 5.97 Å². The molecule has 0 amide bonds. The molecule has 1 aromatic carbocycles. The molecule has 8 heteroatoms. The van der Waals surface area contributed by atoms with Crippen molar-refractivity contribution in [3.05, 3.63) is 44.5 Å². The molecular weight excluding hydrogens is 393 g/mol. The number of carbonyl (C=O) groups excluding carboxylic acids is 1. The van der Waals surface area contributed by atoms with Gasteiger partial charge in [0.05, 0.1) is 11.4 Å². The van der Waals surface area contributed by atoms with Gasteiger partial charge in [0.2, 0.25) is 5.78 Å². The number of ketones is 1. The van der Waals surface area contributed by atoms with Gasteiger partial charge in [0.1, 0.15) is 11.4 Å². The molecule has 6 nitrogen and oxygen atoms in total. The minimum atomic E-state index is -1.24. The maximum Gasteiger partial charge on any atom is 0.340 e. The highest BCUT2D eigenvalue weighted by molar-refractivity contribution is 8.06. The third-order valence-electron chi connectivity index (χ3n) is 6.54. The van der Waals surface area contributed by atoms with Crippen LogP contribution in [0.2, 0.25) is 0 Å². The molecule has 1 fully saturated rings. The molecule has 1 saturated heterocycles. The highest BCUT2D eigenvalue weighted by atomic mass is 32.2. The molecule has 0 saturated carbocycles. The average molecular weight is 415 g/mol. The van der Waals surface area contributed by atoms with Gasteiger partial charge in [-0.3, -0.25) is 4.79 Å². The molecule has 5 rings (SSSR count). The van der Waals surface area contributed by atoms with E-state index in [4.69, 9.17) is 0 Å². The van der Waals surface area contributed by atoms with Gasteiger partial charge < -0.3 is 19.8 Å². The summed E-state index contributed by atoms with van der Waals surface area (Å²) in [5, 5.41) is 11.6. The summed E-state index contributed by atoms with van der Waals surface area (Å²) in [6.45, 7) is 4.95. The van der Waals surface area contributed by atoms with Gasteiger partial charge in [-0.2, -0.15) is 0 Å². The summed E-state index contributed by atoms with van der Waals surface area (Å²) in [6, 6.07) is 1.55. The molecule has 3 aliphatic heterocycles. The first-order valence-corrected chi connectivity index (χ1v) is 10.6. The smallest absolute Gasteiger partial charge is 0.340 e. The Balaban J connectivity index is 1.74. The second kappa shape index (κ2) is 6.34. The van der Waals surface area contributed by atoms with E-state index in [2.05, 4.69) is 23.8 Å². The van der Waals surface area contributed by atoms with Crippen LogP contribution in [0.1, 0.15) is 28.8 Å².